The van der Waals surface area contributed by atoms with E-state index in [1.807, 2.05) is 0 Å². The van der Waals surface area contributed by atoms with E-state index in [-0.39, 0.29) is 0 Å². The molecule has 0 amide bonds. The molecule has 1 aromatic carbocycles. The van der Waals surface area contributed by atoms with Gasteiger partial charge in [-0.1, -0.05) is 36.8 Å². The fraction of sp³-hybridized carbons (Fsp3) is 0.647. The van der Waals surface area contributed by atoms with Crippen molar-refractivity contribution in [3.63, 3.8) is 0 Å². The summed E-state index contributed by atoms with van der Waals surface area (Å²) in [5.74, 6) is 0. The minimum atomic E-state index is 0.664. The average Bonchev–Trinajstić information content (AvgIpc) is 3.17. The van der Waals surface area contributed by atoms with Crippen LogP contribution in [0.15, 0.2) is 30.3 Å². The Bertz CT molecular complexity index is 362. The van der Waals surface area contributed by atoms with Crippen LogP contribution < -0.4 is 5.32 Å². The highest BCUT2D eigenvalue weighted by Crippen LogP contribution is 2.45. The maximum atomic E-state index is 3.75. The van der Waals surface area contributed by atoms with Crippen molar-refractivity contribution in [1.29, 1.82) is 0 Å². The lowest BCUT2D eigenvalue weighted by atomic mass is 9.65. The van der Waals surface area contributed by atoms with Crippen molar-refractivity contribution in [1.82, 2.24) is 5.32 Å². The maximum absolute atomic E-state index is 3.75. The zero-order valence-electron chi connectivity index (χ0n) is 11.3. The van der Waals surface area contributed by atoms with E-state index in [1.54, 1.807) is 0 Å². The van der Waals surface area contributed by atoms with Crippen molar-refractivity contribution in [2.75, 3.05) is 6.54 Å². The first-order valence-electron chi connectivity index (χ1n) is 7.64. The average molecular weight is 243 g/mol. The van der Waals surface area contributed by atoms with Gasteiger partial charge in [0.05, 0.1) is 0 Å². The van der Waals surface area contributed by atoms with Crippen molar-refractivity contribution in [2.24, 2.45) is 5.41 Å². The summed E-state index contributed by atoms with van der Waals surface area (Å²) in [5, 5.41) is 3.75. The van der Waals surface area contributed by atoms with E-state index in [0.717, 1.165) is 6.04 Å². The highest BCUT2D eigenvalue weighted by atomic mass is 15.0. The van der Waals surface area contributed by atoms with Crippen LogP contribution in [-0.2, 0) is 6.42 Å². The van der Waals surface area contributed by atoms with Gasteiger partial charge in [0, 0.05) is 12.6 Å². The van der Waals surface area contributed by atoms with E-state index in [0.29, 0.717) is 5.41 Å². The van der Waals surface area contributed by atoms with Crippen LogP contribution in [0.3, 0.4) is 0 Å². The minimum absolute atomic E-state index is 0.664. The van der Waals surface area contributed by atoms with Crippen molar-refractivity contribution >= 4 is 0 Å². The van der Waals surface area contributed by atoms with Gasteiger partial charge in [0.25, 0.3) is 0 Å². The molecule has 0 bridgehead atoms. The molecule has 0 unspecified atom stereocenters. The van der Waals surface area contributed by atoms with Gasteiger partial charge in [-0.25, -0.2) is 0 Å². The summed E-state index contributed by atoms with van der Waals surface area (Å²) in [7, 11) is 0. The van der Waals surface area contributed by atoms with Gasteiger partial charge < -0.3 is 5.32 Å². The molecular formula is C17H25N. The second kappa shape index (κ2) is 5.44. The predicted octanol–water partition coefficient (Wildman–Crippen LogP) is 3.93. The molecule has 2 aliphatic carbocycles. The second-order valence-electron chi connectivity index (χ2n) is 6.35. The zero-order chi connectivity index (χ0) is 12.3. The molecule has 0 aliphatic heterocycles. The molecule has 2 fully saturated rings. The molecule has 0 aromatic heterocycles. The summed E-state index contributed by atoms with van der Waals surface area (Å²) in [4.78, 5) is 0. The summed E-state index contributed by atoms with van der Waals surface area (Å²) >= 11 is 0. The van der Waals surface area contributed by atoms with Gasteiger partial charge in [0.15, 0.2) is 0 Å². The third-order valence-corrected chi connectivity index (χ3v) is 4.77. The number of rotatable bonds is 7. The van der Waals surface area contributed by atoms with Gasteiger partial charge in [0.2, 0.25) is 0 Å². The van der Waals surface area contributed by atoms with Crippen molar-refractivity contribution < 1.29 is 0 Å². The summed E-state index contributed by atoms with van der Waals surface area (Å²) in [5.41, 5.74) is 2.17. The number of hydrogen-bond donors (Lipinski definition) is 1. The van der Waals surface area contributed by atoms with Crippen LogP contribution in [0.25, 0.3) is 0 Å². The lowest BCUT2D eigenvalue weighted by Gasteiger charge is -2.42. The van der Waals surface area contributed by atoms with Crippen molar-refractivity contribution in [3.8, 4) is 0 Å². The number of benzene rings is 1. The molecule has 0 saturated heterocycles. The Morgan fingerprint density at radius 3 is 2.50 bits per heavy atom. The first-order chi connectivity index (χ1) is 8.86. The van der Waals surface area contributed by atoms with E-state index >= 15 is 0 Å². The largest absolute Gasteiger partial charge is 0.313 e. The molecule has 0 radical (unpaired) electrons. The number of nitrogens with one attached hydrogen (secondary N) is 1. The molecule has 1 heteroatoms. The maximum Gasteiger partial charge on any atom is 0.00684 e. The van der Waals surface area contributed by atoms with E-state index in [4.69, 9.17) is 0 Å². The van der Waals surface area contributed by atoms with E-state index in [1.165, 1.54) is 63.5 Å². The minimum Gasteiger partial charge on any atom is -0.313 e. The van der Waals surface area contributed by atoms with Crippen LogP contribution in [0, 0.1) is 5.41 Å². The Morgan fingerprint density at radius 1 is 1.11 bits per heavy atom. The van der Waals surface area contributed by atoms with Gasteiger partial charge in [-0.05, 0) is 55.9 Å². The molecule has 2 saturated carbocycles. The van der Waals surface area contributed by atoms with Gasteiger partial charge in [-0.3, -0.25) is 0 Å². The Labute approximate surface area is 111 Å². The van der Waals surface area contributed by atoms with E-state index < -0.39 is 0 Å². The smallest absolute Gasteiger partial charge is 0.00684 e. The standard InChI is InChI=1S/C17H25N/c1-2-6-15(7-3-1)8-4-11-17(12-5-13-17)14-18-16-9-10-16/h1-3,6-7,16,18H,4-5,8-14H2. The first kappa shape index (κ1) is 12.2. The van der Waals surface area contributed by atoms with Crippen molar-refractivity contribution in [2.45, 2.75) is 57.4 Å². The van der Waals surface area contributed by atoms with Gasteiger partial charge in [-0.15, -0.1) is 0 Å². The Hall–Kier alpha value is -0.820. The molecular weight excluding hydrogens is 218 g/mol. The SMILES string of the molecule is c1ccc(CCCC2(CNC3CC3)CCC2)cc1. The van der Waals surface area contributed by atoms with Crippen LogP contribution in [0.5, 0.6) is 0 Å². The molecule has 0 heterocycles. The molecule has 0 atom stereocenters. The van der Waals surface area contributed by atoms with Gasteiger partial charge in [0.1, 0.15) is 0 Å². The molecule has 1 nitrogen and oxygen atoms in total. The Kier molecular flexibility index (Phi) is 3.69. The van der Waals surface area contributed by atoms with E-state index in [9.17, 15) is 0 Å². The normalized spacial score (nSPS) is 21.6. The molecule has 3 rings (SSSR count). The lowest BCUT2D eigenvalue weighted by Crippen LogP contribution is -2.40. The third-order valence-electron chi connectivity index (χ3n) is 4.77. The fourth-order valence-corrected chi connectivity index (χ4v) is 3.15. The van der Waals surface area contributed by atoms with Crippen LogP contribution >= 0.6 is 0 Å². The summed E-state index contributed by atoms with van der Waals surface area (Å²) in [6, 6.07) is 11.8. The monoisotopic (exact) mass is 243 g/mol. The molecule has 1 N–H and O–H groups in total. The Balaban J connectivity index is 1.42. The van der Waals surface area contributed by atoms with Crippen molar-refractivity contribution in [3.05, 3.63) is 35.9 Å². The van der Waals surface area contributed by atoms with Gasteiger partial charge >= 0.3 is 0 Å². The quantitative estimate of drug-likeness (QED) is 0.765. The highest BCUT2D eigenvalue weighted by molar-refractivity contribution is 5.14. The van der Waals surface area contributed by atoms with Crippen LogP contribution in [-0.4, -0.2) is 12.6 Å². The second-order valence-corrected chi connectivity index (χ2v) is 6.35. The van der Waals surface area contributed by atoms with E-state index in [2.05, 4.69) is 35.6 Å². The summed E-state index contributed by atoms with van der Waals surface area (Å²) in [6.07, 6.45) is 11.2. The molecule has 2 aliphatic rings. The van der Waals surface area contributed by atoms with Crippen LogP contribution in [0.2, 0.25) is 0 Å². The number of aryl methyl sites for hydroxylation is 1. The summed E-state index contributed by atoms with van der Waals surface area (Å²) in [6.45, 7) is 1.28. The Morgan fingerprint density at radius 2 is 1.89 bits per heavy atom. The highest BCUT2D eigenvalue weighted by Gasteiger charge is 2.37. The predicted molar refractivity (Wildman–Crippen MR) is 76.7 cm³/mol. The molecule has 0 spiro atoms. The van der Waals surface area contributed by atoms with Gasteiger partial charge in [-0.2, -0.15) is 0 Å². The fourth-order valence-electron chi connectivity index (χ4n) is 3.15. The third kappa shape index (κ3) is 3.14. The lowest BCUT2D eigenvalue weighted by molar-refractivity contribution is 0.113. The summed E-state index contributed by atoms with van der Waals surface area (Å²) < 4.78 is 0. The van der Waals surface area contributed by atoms with Crippen LogP contribution in [0.1, 0.15) is 50.5 Å². The van der Waals surface area contributed by atoms with Crippen LogP contribution in [0.4, 0.5) is 0 Å². The number of hydrogen-bond acceptors (Lipinski definition) is 1. The zero-order valence-corrected chi connectivity index (χ0v) is 11.3. The molecule has 18 heavy (non-hydrogen) atoms. The first-order valence-corrected chi connectivity index (χ1v) is 7.64. The molecule has 1 aromatic rings. The topological polar surface area (TPSA) is 12.0 Å². The molecule has 98 valence electrons.